The van der Waals surface area contributed by atoms with Crippen molar-refractivity contribution >= 4 is 33.6 Å². The third-order valence-corrected chi connectivity index (χ3v) is 6.96. The van der Waals surface area contributed by atoms with Crippen molar-refractivity contribution in [2.45, 2.75) is 36.0 Å². The van der Waals surface area contributed by atoms with E-state index in [2.05, 4.69) is 4.99 Å². The Hall–Kier alpha value is -4.15. The Morgan fingerprint density at radius 2 is 1.41 bits per heavy atom. The first kappa shape index (κ1) is 33.1. The summed E-state index contributed by atoms with van der Waals surface area (Å²) in [5.41, 5.74) is 9.38. The molecule has 41 heavy (non-hydrogen) atoms. The second kappa shape index (κ2) is 12.6. The zero-order valence-electron chi connectivity index (χ0n) is 21.2. The molecule has 0 aromatic heterocycles. The van der Waals surface area contributed by atoms with Crippen molar-refractivity contribution in [1.82, 2.24) is 4.90 Å². The lowest BCUT2D eigenvalue weighted by Crippen LogP contribution is -2.38. The van der Waals surface area contributed by atoms with Crippen LogP contribution in [-0.2, 0) is 20.8 Å². The lowest BCUT2D eigenvalue weighted by Gasteiger charge is -2.33. The molecule has 3 rings (SSSR count). The van der Waals surface area contributed by atoms with Crippen molar-refractivity contribution in [3.8, 4) is 0 Å². The van der Waals surface area contributed by atoms with Gasteiger partial charge in [0.15, 0.2) is 15.8 Å². The maximum Gasteiger partial charge on any atom is 0.490 e. The lowest BCUT2D eigenvalue weighted by atomic mass is 9.85. The Labute approximate surface area is 229 Å². The molecule has 2 aromatic rings. The quantitative estimate of drug-likeness (QED) is 0.269. The fourth-order valence-corrected chi connectivity index (χ4v) is 4.52. The highest BCUT2D eigenvalue weighted by molar-refractivity contribution is 7.90. The number of nitrogens with zero attached hydrogens (tertiary/aromatic N) is 2. The summed E-state index contributed by atoms with van der Waals surface area (Å²) in [6, 6.07) is 8.76. The molecule has 224 valence electrons. The molecule has 10 nitrogen and oxygen atoms in total. The number of carboxylic acid groups (broad SMARTS) is 1. The molecule has 0 unspecified atom stereocenters. The van der Waals surface area contributed by atoms with Gasteiger partial charge in [-0.1, -0.05) is 6.07 Å². The van der Waals surface area contributed by atoms with Crippen LogP contribution in [0.15, 0.2) is 52.4 Å². The predicted octanol–water partition coefficient (Wildman–Crippen LogP) is 3.18. The SMILES string of the molecule is CS(=O)(=O)c1ccc(C(=O)N2CCC(c3ccc(C(=O)N=C(N)N)cc3C(F)(F)F)CC2)cc1.O=C(O)C(F)(F)F. The van der Waals surface area contributed by atoms with Crippen LogP contribution in [0.2, 0.25) is 0 Å². The van der Waals surface area contributed by atoms with Gasteiger partial charge in [0.1, 0.15) is 0 Å². The molecule has 1 aliphatic rings. The van der Waals surface area contributed by atoms with Crippen molar-refractivity contribution in [3.05, 3.63) is 64.7 Å². The largest absolute Gasteiger partial charge is 0.490 e. The number of hydrogen-bond donors (Lipinski definition) is 3. The van der Waals surface area contributed by atoms with E-state index in [1.165, 1.54) is 41.3 Å². The number of aliphatic carboxylic acids is 1. The number of rotatable bonds is 4. The smallest absolute Gasteiger partial charge is 0.475 e. The van der Waals surface area contributed by atoms with Crippen LogP contribution in [0.5, 0.6) is 0 Å². The number of carboxylic acids is 1. The number of carbonyl (C=O) groups is 3. The van der Waals surface area contributed by atoms with Crippen LogP contribution in [-0.4, -0.2) is 67.7 Å². The van der Waals surface area contributed by atoms with E-state index in [0.717, 1.165) is 12.3 Å². The number of piperidine rings is 1. The molecule has 2 amide bonds. The third-order valence-electron chi connectivity index (χ3n) is 5.83. The van der Waals surface area contributed by atoms with Crippen molar-refractivity contribution in [3.63, 3.8) is 0 Å². The van der Waals surface area contributed by atoms with Gasteiger partial charge >= 0.3 is 18.3 Å². The van der Waals surface area contributed by atoms with Crippen LogP contribution < -0.4 is 11.5 Å². The van der Waals surface area contributed by atoms with E-state index in [9.17, 15) is 44.3 Å². The highest BCUT2D eigenvalue weighted by Crippen LogP contribution is 2.39. The van der Waals surface area contributed by atoms with Crippen molar-refractivity contribution in [2.24, 2.45) is 16.5 Å². The molecule has 0 atom stereocenters. The van der Waals surface area contributed by atoms with Crippen molar-refractivity contribution in [2.75, 3.05) is 19.3 Å². The minimum Gasteiger partial charge on any atom is -0.475 e. The fraction of sp³-hybridized carbons (Fsp3) is 0.333. The number of hydrogen-bond acceptors (Lipinski definition) is 5. The van der Waals surface area contributed by atoms with Gasteiger partial charge in [0.25, 0.3) is 11.8 Å². The number of amides is 2. The Morgan fingerprint density at radius 1 is 0.927 bits per heavy atom. The summed E-state index contributed by atoms with van der Waals surface area (Å²) in [6.07, 6.45) is -8.14. The van der Waals surface area contributed by atoms with Crippen molar-refractivity contribution < 1.29 is 54.3 Å². The van der Waals surface area contributed by atoms with E-state index in [1.54, 1.807) is 0 Å². The normalized spacial score (nSPS) is 14.5. The van der Waals surface area contributed by atoms with Gasteiger partial charge in [0.05, 0.1) is 10.5 Å². The van der Waals surface area contributed by atoms with Crippen LogP contribution in [0, 0.1) is 0 Å². The minimum absolute atomic E-state index is 0.0401. The number of carbonyl (C=O) groups excluding carboxylic acids is 2. The topological polar surface area (TPSA) is 173 Å². The number of halogens is 6. The molecule has 2 aromatic carbocycles. The van der Waals surface area contributed by atoms with E-state index < -0.39 is 51.5 Å². The number of benzene rings is 2. The summed E-state index contributed by atoms with van der Waals surface area (Å²) in [6.45, 7) is 0.451. The Morgan fingerprint density at radius 3 is 1.83 bits per heavy atom. The van der Waals surface area contributed by atoms with Gasteiger partial charge < -0.3 is 21.5 Å². The average molecular weight is 611 g/mol. The molecule has 5 N–H and O–H groups in total. The highest BCUT2D eigenvalue weighted by atomic mass is 32.2. The summed E-state index contributed by atoms with van der Waals surface area (Å²) in [4.78, 5) is 38.5. The van der Waals surface area contributed by atoms with Crippen LogP contribution in [0.3, 0.4) is 0 Å². The molecular formula is C24H24F6N4O6S. The summed E-state index contributed by atoms with van der Waals surface area (Å²) in [5, 5.41) is 7.12. The lowest BCUT2D eigenvalue weighted by molar-refractivity contribution is -0.192. The first-order valence-electron chi connectivity index (χ1n) is 11.5. The first-order valence-corrected chi connectivity index (χ1v) is 13.4. The Bertz CT molecular complexity index is 1430. The molecule has 1 heterocycles. The van der Waals surface area contributed by atoms with Crippen LogP contribution in [0.25, 0.3) is 0 Å². The molecule has 1 saturated heterocycles. The van der Waals surface area contributed by atoms with Crippen LogP contribution in [0.4, 0.5) is 26.3 Å². The van der Waals surface area contributed by atoms with Gasteiger partial charge in [0, 0.05) is 30.5 Å². The zero-order valence-corrected chi connectivity index (χ0v) is 22.0. The molecule has 0 bridgehead atoms. The van der Waals surface area contributed by atoms with E-state index in [0.29, 0.717) is 5.56 Å². The third kappa shape index (κ3) is 9.19. The molecule has 0 saturated carbocycles. The number of likely N-dealkylation sites (tertiary alicyclic amines) is 1. The number of sulfone groups is 1. The molecule has 17 heteroatoms. The van der Waals surface area contributed by atoms with E-state index in [4.69, 9.17) is 21.4 Å². The van der Waals surface area contributed by atoms with Gasteiger partial charge in [-0.25, -0.2) is 13.2 Å². The molecule has 1 aliphatic heterocycles. The van der Waals surface area contributed by atoms with Gasteiger partial charge in [-0.05, 0) is 60.7 Å². The molecular weight excluding hydrogens is 586 g/mol. The predicted molar refractivity (Wildman–Crippen MR) is 133 cm³/mol. The molecule has 0 radical (unpaired) electrons. The van der Waals surface area contributed by atoms with E-state index in [-0.39, 0.29) is 47.9 Å². The summed E-state index contributed by atoms with van der Waals surface area (Å²) >= 11 is 0. The maximum absolute atomic E-state index is 13.7. The molecule has 1 fully saturated rings. The fourth-order valence-electron chi connectivity index (χ4n) is 3.89. The first-order chi connectivity index (χ1) is 18.7. The Balaban J connectivity index is 0.000000745. The summed E-state index contributed by atoms with van der Waals surface area (Å²) < 4.78 is 96.1. The van der Waals surface area contributed by atoms with E-state index in [1.807, 2.05) is 0 Å². The number of aliphatic imine (C=N–C) groups is 1. The van der Waals surface area contributed by atoms with Gasteiger partial charge in [-0.15, -0.1) is 0 Å². The number of guanidine groups is 1. The van der Waals surface area contributed by atoms with Gasteiger partial charge in [-0.3, -0.25) is 9.59 Å². The minimum atomic E-state index is -5.08. The van der Waals surface area contributed by atoms with Crippen molar-refractivity contribution in [1.29, 1.82) is 0 Å². The second-order valence-electron chi connectivity index (χ2n) is 8.81. The maximum atomic E-state index is 13.7. The monoisotopic (exact) mass is 610 g/mol. The Kier molecular flexibility index (Phi) is 10.1. The standard InChI is InChI=1S/C22H23F3N4O4S.C2HF3O2/c1-34(32,33)16-5-2-14(3-6-16)20(31)29-10-8-13(9-11-29)17-7-4-15(19(30)28-21(26)27)12-18(17)22(23,24)25;3-2(4,5)1(6)7/h2-7,12-13H,8-11H2,1H3,(H4,26,27,28,30);(H,6,7). The zero-order chi connectivity index (χ0) is 31.3. The van der Waals surface area contributed by atoms with E-state index >= 15 is 0 Å². The second-order valence-corrected chi connectivity index (χ2v) is 10.8. The van der Waals surface area contributed by atoms with Crippen LogP contribution in [0.1, 0.15) is 50.6 Å². The van der Waals surface area contributed by atoms with Gasteiger partial charge in [0.2, 0.25) is 0 Å². The van der Waals surface area contributed by atoms with Gasteiger partial charge in [-0.2, -0.15) is 31.3 Å². The number of alkyl halides is 6. The average Bonchev–Trinajstić information content (AvgIpc) is 2.86. The number of nitrogens with two attached hydrogens (primary N) is 2. The molecule has 0 aliphatic carbocycles. The molecule has 0 spiro atoms. The summed E-state index contributed by atoms with van der Waals surface area (Å²) in [7, 11) is -3.40. The summed E-state index contributed by atoms with van der Waals surface area (Å²) in [5.74, 6) is -5.08. The van der Waals surface area contributed by atoms with Crippen LogP contribution >= 0.6 is 0 Å². The highest BCUT2D eigenvalue weighted by Gasteiger charge is 2.38.